The molecule has 7 nitrogen and oxygen atoms in total. The maximum Gasteiger partial charge on any atom is 0.261 e. The summed E-state index contributed by atoms with van der Waals surface area (Å²) < 4.78 is 23.0. The zero-order valence-electron chi connectivity index (χ0n) is 23.7. The zero-order valence-corrected chi connectivity index (χ0v) is 25.3. The minimum Gasteiger partial charge on any atom is -0.506 e. The van der Waals surface area contributed by atoms with Crippen molar-refractivity contribution < 1.29 is 23.1 Å². The Kier molecular flexibility index (Phi) is 15.7. The van der Waals surface area contributed by atoms with Gasteiger partial charge < -0.3 is 15.7 Å². The Morgan fingerprint density at radius 2 is 1.30 bits per heavy atom. The highest BCUT2D eigenvalue weighted by Gasteiger charge is 2.14. The van der Waals surface area contributed by atoms with Crippen LogP contribution in [0.2, 0.25) is 0 Å². The van der Waals surface area contributed by atoms with E-state index in [0.717, 1.165) is 19.3 Å². The molecule has 2 aromatic carbocycles. The summed E-state index contributed by atoms with van der Waals surface area (Å²) in [6.07, 6.45) is 19.4. The SMILES string of the molecule is CCCCCCCCCCCCCCCCCC(=O)Nc1ccc(NC(=O)c2cccc(S(=O)(=O)Cl)c2)cc1O. The van der Waals surface area contributed by atoms with Gasteiger partial charge in [-0.3, -0.25) is 9.59 Å². The Morgan fingerprint density at radius 3 is 1.82 bits per heavy atom. The van der Waals surface area contributed by atoms with Crippen LogP contribution in [0, 0.1) is 0 Å². The average molecular weight is 593 g/mol. The topological polar surface area (TPSA) is 113 Å². The van der Waals surface area contributed by atoms with Crippen molar-refractivity contribution in [3.63, 3.8) is 0 Å². The molecule has 3 N–H and O–H groups in total. The van der Waals surface area contributed by atoms with Crippen molar-refractivity contribution >= 4 is 42.9 Å². The van der Waals surface area contributed by atoms with Gasteiger partial charge in [0.25, 0.3) is 15.0 Å². The molecule has 0 spiro atoms. The first-order valence-electron chi connectivity index (χ1n) is 14.7. The van der Waals surface area contributed by atoms with Crippen LogP contribution in [0.4, 0.5) is 11.4 Å². The molecule has 0 fully saturated rings. The van der Waals surface area contributed by atoms with Gasteiger partial charge in [-0.25, -0.2) is 8.42 Å². The number of hydrogen-bond acceptors (Lipinski definition) is 5. The summed E-state index contributed by atoms with van der Waals surface area (Å²) in [4.78, 5) is 24.6. The number of benzene rings is 2. The summed E-state index contributed by atoms with van der Waals surface area (Å²) in [5, 5.41) is 15.6. The molecular weight excluding hydrogens is 548 g/mol. The third-order valence-corrected chi connectivity index (χ3v) is 8.27. The molecular formula is C31H45ClN2O5S. The van der Waals surface area contributed by atoms with E-state index < -0.39 is 15.0 Å². The Morgan fingerprint density at radius 1 is 0.750 bits per heavy atom. The van der Waals surface area contributed by atoms with E-state index >= 15 is 0 Å². The number of halogens is 1. The maximum absolute atomic E-state index is 12.5. The van der Waals surface area contributed by atoms with Crippen LogP contribution in [-0.4, -0.2) is 25.3 Å². The molecule has 0 aliphatic rings. The smallest absolute Gasteiger partial charge is 0.261 e. The number of aromatic hydroxyl groups is 1. The standard InChI is InChI=1S/C31H45ClN2O5S/c1-2-3-4-5-6-7-8-9-10-11-12-13-14-15-16-20-30(36)34-28-22-21-26(24-29(28)35)33-31(37)25-18-17-19-27(23-25)40(32,38)39/h17-19,21-24,35H,2-16,20H2,1H3,(H,33,37)(H,34,36). The van der Waals surface area contributed by atoms with Crippen LogP contribution in [0.5, 0.6) is 5.75 Å². The van der Waals surface area contributed by atoms with Gasteiger partial charge in [-0.1, -0.05) is 103 Å². The second kappa shape index (κ2) is 18.7. The molecule has 0 unspecified atom stereocenters. The number of phenolic OH excluding ortho intramolecular Hbond substituents is 1. The number of unbranched alkanes of at least 4 members (excludes halogenated alkanes) is 14. The lowest BCUT2D eigenvalue weighted by Crippen LogP contribution is -2.13. The number of anilines is 2. The first kappa shape index (κ1) is 33.6. The van der Waals surface area contributed by atoms with E-state index in [1.54, 1.807) is 6.07 Å². The highest BCUT2D eigenvalue weighted by molar-refractivity contribution is 8.13. The van der Waals surface area contributed by atoms with Crippen LogP contribution >= 0.6 is 10.7 Å². The predicted molar refractivity (Wildman–Crippen MR) is 164 cm³/mol. The van der Waals surface area contributed by atoms with E-state index in [-0.39, 0.29) is 27.8 Å². The van der Waals surface area contributed by atoms with Gasteiger partial charge in [0.1, 0.15) is 5.75 Å². The van der Waals surface area contributed by atoms with Crippen LogP contribution in [0.25, 0.3) is 0 Å². The number of amides is 2. The molecule has 0 aromatic heterocycles. The van der Waals surface area contributed by atoms with Gasteiger partial charge in [0.05, 0.1) is 10.6 Å². The number of hydrogen-bond donors (Lipinski definition) is 3. The van der Waals surface area contributed by atoms with Crippen LogP contribution in [0.3, 0.4) is 0 Å². The normalized spacial score (nSPS) is 11.3. The number of carbonyl (C=O) groups is 2. The molecule has 0 heterocycles. The van der Waals surface area contributed by atoms with E-state index in [1.165, 1.54) is 113 Å². The largest absolute Gasteiger partial charge is 0.506 e. The fraction of sp³-hybridized carbons (Fsp3) is 0.548. The first-order valence-corrected chi connectivity index (χ1v) is 17.0. The summed E-state index contributed by atoms with van der Waals surface area (Å²) in [7, 11) is 1.38. The minimum atomic E-state index is -3.96. The zero-order chi connectivity index (χ0) is 29.2. The van der Waals surface area contributed by atoms with Crippen molar-refractivity contribution in [2.75, 3.05) is 10.6 Å². The molecule has 0 bridgehead atoms. The molecule has 0 radical (unpaired) electrons. The van der Waals surface area contributed by atoms with Gasteiger partial charge in [0, 0.05) is 34.4 Å². The third kappa shape index (κ3) is 13.7. The summed E-state index contributed by atoms with van der Waals surface area (Å²) >= 11 is 0. The van der Waals surface area contributed by atoms with E-state index in [4.69, 9.17) is 10.7 Å². The Balaban J connectivity index is 1.59. The quantitative estimate of drug-likeness (QED) is 0.0807. The van der Waals surface area contributed by atoms with Crippen molar-refractivity contribution in [3.8, 4) is 5.75 Å². The second-order valence-corrected chi connectivity index (χ2v) is 13.0. The number of nitrogens with one attached hydrogen (secondary N) is 2. The van der Waals surface area contributed by atoms with Crippen LogP contribution in [0.1, 0.15) is 120 Å². The lowest BCUT2D eigenvalue weighted by molar-refractivity contribution is -0.116. The molecule has 40 heavy (non-hydrogen) atoms. The monoisotopic (exact) mass is 592 g/mol. The van der Waals surface area contributed by atoms with Crippen molar-refractivity contribution in [2.45, 2.75) is 115 Å². The number of rotatable bonds is 20. The lowest BCUT2D eigenvalue weighted by Gasteiger charge is -2.11. The summed E-state index contributed by atoms with van der Waals surface area (Å²) in [5.41, 5.74) is 0.656. The van der Waals surface area contributed by atoms with Gasteiger partial charge in [-0.15, -0.1) is 0 Å². The Hall–Kier alpha value is -2.58. The number of phenols is 1. The van der Waals surface area contributed by atoms with Crippen molar-refractivity contribution in [1.82, 2.24) is 0 Å². The molecule has 2 amide bonds. The molecule has 0 aliphatic carbocycles. The molecule has 0 saturated carbocycles. The third-order valence-electron chi connectivity index (χ3n) is 6.91. The van der Waals surface area contributed by atoms with E-state index in [2.05, 4.69) is 17.6 Å². The second-order valence-electron chi connectivity index (χ2n) is 10.4. The van der Waals surface area contributed by atoms with Crippen molar-refractivity contribution in [2.24, 2.45) is 0 Å². The van der Waals surface area contributed by atoms with E-state index in [1.807, 2.05) is 0 Å². The lowest BCUT2D eigenvalue weighted by atomic mass is 10.0. The summed E-state index contributed by atoms with van der Waals surface area (Å²) in [5.74, 6) is -0.910. The molecule has 0 atom stereocenters. The molecule has 0 aliphatic heterocycles. The van der Waals surface area contributed by atoms with E-state index in [0.29, 0.717) is 12.1 Å². The fourth-order valence-corrected chi connectivity index (χ4v) is 5.37. The van der Waals surface area contributed by atoms with Gasteiger partial charge in [-0.05, 0) is 36.8 Å². The summed E-state index contributed by atoms with van der Waals surface area (Å²) in [6, 6.07) is 9.71. The molecule has 2 rings (SSSR count). The molecule has 9 heteroatoms. The van der Waals surface area contributed by atoms with Crippen LogP contribution in [-0.2, 0) is 13.8 Å². The Labute approximate surface area is 244 Å². The first-order chi connectivity index (χ1) is 19.2. The van der Waals surface area contributed by atoms with Gasteiger partial charge in [-0.2, -0.15) is 0 Å². The average Bonchev–Trinajstić information content (AvgIpc) is 2.92. The highest BCUT2D eigenvalue weighted by Crippen LogP contribution is 2.28. The number of carbonyl (C=O) groups excluding carboxylic acids is 2. The van der Waals surface area contributed by atoms with E-state index in [9.17, 15) is 23.1 Å². The van der Waals surface area contributed by atoms with Gasteiger partial charge in [0.2, 0.25) is 5.91 Å². The van der Waals surface area contributed by atoms with Gasteiger partial charge >= 0.3 is 0 Å². The van der Waals surface area contributed by atoms with Crippen molar-refractivity contribution in [3.05, 3.63) is 48.0 Å². The Bertz CT molecular complexity index is 1170. The minimum absolute atomic E-state index is 0.0992. The molecule has 2 aromatic rings. The molecule has 222 valence electrons. The fourth-order valence-electron chi connectivity index (χ4n) is 4.58. The molecule has 0 saturated heterocycles. The van der Waals surface area contributed by atoms with Crippen LogP contribution < -0.4 is 10.6 Å². The maximum atomic E-state index is 12.5. The predicted octanol–water partition coefficient (Wildman–Crippen LogP) is 8.77. The van der Waals surface area contributed by atoms with Crippen molar-refractivity contribution in [1.29, 1.82) is 0 Å². The highest BCUT2D eigenvalue weighted by atomic mass is 35.7. The van der Waals surface area contributed by atoms with Gasteiger partial charge in [0.15, 0.2) is 0 Å². The van der Waals surface area contributed by atoms with Crippen LogP contribution in [0.15, 0.2) is 47.4 Å². The summed E-state index contributed by atoms with van der Waals surface area (Å²) in [6.45, 7) is 2.25.